The molecule has 0 atom stereocenters. The van der Waals surface area contributed by atoms with E-state index >= 15 is 0 Å². The number of nitrogens with zero attached hydrogens (tertiary/aromatic N) is 2. The number of hydrogen-bond acceptors (Lipinski definition) is 3. The zero-order valence-corrected chi connectivity index (χ0v) is 13.6. The third kappa shape index (κ3) is 4.47. The van der Waals surface area contributed by atoms with Crippen LogP contribution in [0.1, 0.15) is 43.0 Å². The predicted molar refractivity (Wildman–Crippen MR) is 89.5 cm³/mol. The molecule has 0 radical (unpaired) electrons. The number of nitrogens with one attached hydrogen (secondary N) is 1. The molecule has 1 aromatic rings. The zero-order chi connectivity index (χ0) is 15.2. The average Bonchev–Trinajstić information content (AvgIpc) is 3.24. The average molecular weight is 285 g/mol. The van der Waals surface area contributed by atoms with E-state index in [-0.39, 0.29) is 0 Å². The van der Waals surface area contributed by atoms with Gasteiger partial charge in [0.2, 0.25) is 0 Å². The summed E-state index contributed by atoms with van der Waals surface area (Å²) >= 11 is 0. The Morgan fingerprint density at radius 3 is 2.81 bits per heavy atom. The molecule has 0 saturated heterocycles. The molecule has 1 heterocycles. The maximum Gasteiger partial charge on any atom is 0.134 e. The maximum absolute atomic E-state index is 5.58. The van der Waals surface area contributed by atoms with Gasteiger partial charge in [0.05, 0.1) is 6.54 Å². The lowest BCUT2D eigenvalue weighted by atomic mass is 10.1. The van der Waals surface area contributed by atoms with Crippen molar-refractivity contribution in [2.75, 3.05) is 24.5 Å². The van der Waals surface area contributed by atoms with Crippen LogP contribution < -0.4 is 10.2 Å². The van der Waals surface area contributed by atoms with E-state index in [1.54, 1.807) is 0 Å². The molecule has 0 aliphatic heterocycles. The summed E-state index contributed by atoms with van der Waals surface area (Å²) in [7, 11) is 0. The molecule has 1 aliphatic carbocycles. The Bertz CT molecular complexity index is 512. The quantitative estimate of drug-likeness (QED) is 0.588. The first-order valence-electron chi connectivity index (χ1n) is 8.02. The van der Waals surface area contributed by atoms with Gasteiger partial charge in [-0.15, -0.1) is 6.42 Å². The second-order valence-corrected chi connectivity index (χ2v) is 6.09. The SMILES string of the molecule is C#CCN(CC1CC1)c1nc(C)cc(C)c1CNCCC. The Kier molecular flexibility index (Phi) is 5.64. The molecule has 1 aliphatic rings. The van der Waals surface area contributed by atoms with Gasteiger partial charge in [-0.1, -0.05) is 12.8 Å². The molecule has 3 nitrogen and oxygen atoms in total. The largest absolute Gasteiger partial charge is 0.345 e. The second kappa shape index (κ2) is 7.47. The first kappa shape index (κ1) is 15.9. The normalized spacial score (nSPS) is 14.0. The van der Waals surface area contributed by atoms with Gasteiger partial charge < -0.3 is 10.2 Å². The van der Waals surface area contributed by atoms with E-state index in [0.717, 1.165) is 43.5 Å². The molecule has 114 valence electrons. The van der Waals surface area contributed by atoms with Crippen molar-refractivity contribution >= 4 is 5.82 Å². The van der Waals surface area contributed by atoms with Crippen LogP contribution >= 0.6 is 0 Å². The summed E-state index contributed by atoms with van der Waals surface area (Å²) in [6.07, 6.45) is 9.38. The van der Waals surface area contributed by atoms with Gasteiger partial charge in [-0.05, 0) is 57.2 Å². The van der Waals surface area contributed by atoms with Crippen LogP contribution in [-0.2, 0) is 6.54 Å². The summed E-state index contributed by atoms with van der Waals surface area (Å²) in [5.74, 6) is 4.69. The van der Waals surface area contributed by atoms with Gasteiger partial charge in [-0.2, -0.15) is 0 Å². The predicted octanol–water partition coefficient (Wildman–Crippen LogP) is 3.05. The Hall–Kier alpha value is -1.53. The van der Waals surface area contributed by atoms with Crippen LogP contribution in [0.4, 0.5) is 5.82 Å². The highest BCUT2D eigenvalue weighted by atomic mass is 15.2. The van der Waals surface area contributed by atoms with Gasteiger partial charge in [0.15, 0.2) is 0 Å². The molecule has 1 saturated carbocycles. The van der Waals surface area contributed by atoms with Gasteiger partial charge >= 0.3 is 0 Å². The van der Waals surface area contributed by atoms with Crippen LogP contribution in [-0.4, -0.2) is 24.6 Å². The number of aromatic nitrogens is 1. The van der Waals surface area contributed by atoms with Gasteiger partial charge in [-0.3, -0.25) is 0 Å². The highest BCUT2D eigenvalue weighted by Crippen LogP contribution is 2.32. The van der Waals surface area contributed by atoms with Gasteiger partial charge in [-0.25, -0.2) is 4.98 Å². The van der Waals surface area contributed by atoms with E-state index in [1.165, 1.54) is 24.0 Å². The molecule has 0 spiro atoms. The van der Waals surface area contributed by atoms with Crippen LogP contribution in [0.5, 0.6) is 0 Å². The van der Waals surface area contributed by atoms with Crippen molar-refractivity contribution in [3.05, 3.63) is 22.9 Å². The van der Waals surface area contributed by atoms with Crippen molar-refractivity contribution < 1.29 is 0 Å². The molecule has 1 N–H and O–H groups in total. The number of anilines is 1. The molecule has 2 rings (SSSR count). The monoisotopic (exact) mass is 285 g/mol. The van der Waals surface area contributed by atoms with Crippen molar-refractivity contribution in [1.82, 2.24) is 10.3 Å². The molecule has 0 bridgehead atoms. The smallest absolute Gasteiger partial charge is 0.134 e. The number of terminal acetylenes is 1. The fraction of sp³-hybridized carbons (Fsp3) is 0.611. The Morgan fingerprint density at radius 1 is 1.43 bits per heavy atom. The zero-order valence-electron chi connectivity index (χ0n) is 13.6. The van der Waals surface area contributed by atoms with E-state index in [2.05, 4.69) is 43.0 Å². The lowest BCUT2D eigenvalue weighted by molar-refractivity contribution is 0.664. The van der Waals surface area contributed by atoms with E-state index in [9.17, 15) is 0 Å². The van der Waals surface area contributed by atoms with Gasteiger partial charge in [0.25, 0.3) is 0 Å². The Labute approximate surface area is 129 Å². The van der Waals surface area contributed by atoms with E-state index in [0.29, 0.717) is 6.54 Å². The Morgan fingerprint density at radius 2 is 2.19 bits per heavy atom. The third-order valence-corrected chi connectivity index (χ3v) is 3.94. The molecule has 0 aromatic carbocycles. The van der Waals surface area contributed by atoms with E-state index < -0.39 is 0 Å². The van der Waals surface area contributed by atoms with Crippen LogP contribution in [0.2, 0.25) is 0 Å². The minimum atomic E-state index is 0.646. The topological polar surface area (TPSA) is 28.2 Å². The molecular weight excluding hydrogens is 258 g/mol. The molecule has 21 heavy (non-hydrogen) atoms. The number of rotatable bonds is 8. The molecule has 0 unspecified atom stereocenters. The maximum atomic E-state index is 5.58. The molecule has 1 fully saturated rings. The molecular formula is C18H27N3. The lowest BCUT2D eigenvalue weighted by Crippen LogP contribution is -2.30. The molecule has 1 aromatic heterocycles. The number of pyridine rings is 1. The van der Waals surface area contributed by atoms with Gasteiger partial charge in [0.1, 0.15) is 5.82 Å². The minimum absolute atomic E-state index is 0.646. The summed E-state index contributed by atoms with van der Waals surface area (Å²) in [6.45, 7) is 10.0. The van der Waals surface area contributed by atoms with Crippen LogP contribution in [0.25, 0.3) is 0 Å². The van der Waals surface area contributed by atoms with Crippen molar-refractivity contribution in [2.24, 2.45) is 5.92 Å². The first-order valence-corrected chi connectivity index (χ1v) is 8.02. The van der Waals surface area contributed by atoms with E-state index in [1.807, 2.05) is 0 Å². The number of aryl methyl sites for hydroxylation is 2. The standard InChI is InChI=1S/C18H27N3/c1-5-9-19-12-17-14(3)11-15(4)20-18(17)21(10-6-2)13-16-7-8-16/h2,11,16,19H,5,7-10,12-13H2,1,3-4H3. The molecule has 0 amide bonds. The summed E-state index contributed by atoms with van der Waals surface area (Å²) in [4.78, 5) is 7.10. The second-order valence-electron chi connectivity index (χ2n) is 6.09. The van der Waals surface area contributed by atoms with Crippen molar-refractivity contribution in [3.63, 3.8) is 0 Å². The van der Waals surface area contributed by atoms with Gasteiger partial charge in [0, 0.05) is 24.3 Å². The fourth-order valence-corrected chi connectivity index (χ4v) is 2.66. The summed E-state index contributed by atoms with van der Waals surface area (Å²) in [6, 6.07) is 2.16. The van der Waals surface area contributed by atoms with Crippen LogP contribution in [0.15, 0.2) is 6.07 Å². The summed E-state index contributed by atoms with van der Waals surface area (Å²) in [5, 5.41) is 3.50. The first-order chi connectivity index (χ1) is 10.2. The van der Waals surface area contributed by atoms with Crippen molar-refractivity contribution in [3.8, 4) is 12.3 Å². The highest BCUT2D eigenvalue weighted by molar-refractivity contribution is 5.52. The lowest BCUT2D eigenvalue weighted by Gasteiger charge is -2.25. The molecule has 3 heteroatoms. The highest BCUT2D eigenvalue weighted by Gasteiger charge is 2.26. The summed E-state index contributed by atoms with van der Waals surface area (Å²) < 4.78 is 0. The number of hydrogen-bond donors (Lipinski definition) is 1. The Balaban J connectivity index is 2.26. The fourth-order valence-electron chi connectivity index (χ4n) is 2.66. The van der Waals surface area contributed by atoms with Crippen LogP contribution in [0, 0.1) is 32.1 Å². The minimum Gasteiger partial charge on any atom is -0.345 e. The summed E-state index contributed by atoms with van der Waals surface area (Å²) in [5.41, 5.74) is 3.67. The third-order valence-electron chi connectivity index (χ3n) is 3.94. The van der Waals surface area contributed by atoms with E-state index in [4.69, 9.17) is 11.4 Å². The van der Waals surface area contributed by atoms with Crippen molar-refractivity contribution in [1.29, 1.82) is 0 Å². The van der Waals surface area contributed by atoms with Crippen LogP contribution in [0.3, 0.4) is 0 Å². The van der Waals surface area contributed by atoms with Crippen molar-refractivity contribution in [2.45, 2.75) is 46.6 Å².